The van der Waals surface area contributed by atoms with Gasteiger partial charge in [-0.1, -0.05) is 35.3 Å². The van der Waals surface area contributed by atoms with E-state index < -0.39 is 10.8 Å². The molecule has 0 bridgehead atoms. The summed E-state index contributed by atoms with van der Waals surface area (Å²) in [6, 6.07) is 5.22. The molecule has 0 amide bonds. The Morgan fingerprint density at radius 1 is 1.44 bits per heavy atom. The molecule has 0 N–H and O–H groups in total. The second-order valence-corrected chi connectivity index (χ2v) is 6.37. The van der Waals surface area contributed by atoms with E-state index in [2.05, 4.69) is 27.6 Å². The first kappa shape index (κ1) is 15.4. The summed E-state index contributed by atoms with van der Waals surface area (Å²) < 4.78 is 17.2. The molecule has 1 atom stereocenters. The Bertz CT molecular complexity index is 446. The molecule has 0 spiro atoms. The molecule has 1 rings (SSSR count). The summed E-state index contributed by atoms with van der Waals surface area (Å²) in [6.07, 6.45) is 2.03. The highest BCUT2D eigenvalue weighted by atomic mass is 79.9. The first-order valence-corrected chi connectivity index (χ1v) is 8.08. The lowest BCUT2D eigenvalue weighted by atomic mass is 10.1. The summed E-state index contributed by atoms with van der Waals surface area (Å²) in [7, 11) is 0.505. The molecule has 100 valence electrons. The van der Waals surface area contributed by atoms with Crippen molar-refractivity contribution < 1.29 is 13.7 Å². The van der Waals surface area contributed by atoms with E-state index in [0.717, 1.165) is 28.6 Å². The smallest absolute Gasteiger partial charge is 0.337 e. The van der Waals surface area contributed by atoms with Crippen LogP contribution in [0.5, 0.6) is 0 Å². The summed E-state index contributed by atoms with van der Waals surface area (Å²) >= 11 is 3.40. The molecular formula is C13H17BrO3S. The first-order chi connectivity index (χ1) is 8.58. The van der Waals surface area contributed by atoms with Gasteiger partial charge in [-0.05, 0) is 24.1 Å². The molecular weight excluding hydrogens is 316 g/mol. The highest BCUT2D eigenvalue weighted by molar-refractivity contribution is 9.10. The lowest BCUT2D eigenvalue weighted by Crippen LogP contribution is -2.04. The third-order valence-electron chi connectivity index (χ3n) is 2.52. The van der Waals surface area contributed by atoms with Crippen molar-refractivity contribution in [1.29, 1.82) is 0 Å². The number of benzene rings is 1. The Morgan fingerprint density at radius 2 is 2.17 bits per heavy atom. The van der Waals surface area contributed by atoms with Crippen molar-refractivity contribution in [3.05, 3.63) is 33.8 Å². The molecule has 0 aliphatic heterocycles. The fourth-order valence-corrected chi connectivity index (χ4v) is 3.52. The first-order valence-electron chi connectivity index (χ1n) is 5.80. The predicted octanol–water partition coefficient (Wildman–Crippen LogP) is 3.28. The van der Waals surface area contributed by atoms with E-state index in [4.69, 9.17) is 0 Å². The Labute approximate surface area is 119 Å². The highest BCUT2D eigenvalue weighted by Gasteiger charge is 2.10. The average molecular weight is 333 g/mol. The van der Waals surface area contributed by atoms with Crippen molar-refractivity contribution in [1.82, 2.24) is 0 Å². The van der Waals surface area contributed by atoms with Crippen LogP contribution in [0.1, 0.15) is 35.7 Å². The third-order valence-corrected chi connectivity index (χ3v) is 4.63. The number of carbonyl (C=O) groups excluding carboxylic acids is 1. The molecule has 0 saturated carbocycles. The molecule has 0 aromatic heterocycles. The van der Waals surface area contributed by atoms with E-state index in [0.29, 0.717) is 11.3 Å². The van der Waals surface area contributed by atoms with Crippen LogP contribution in [-0.4, -0.2) is 23.0 Å². The molecule has 5 heteroatoms. The summed E-state index contributed by atoms with van der Waals surface area (Å²) in [6.45, 7) is 2.08. The molecule has 0 aliphatic carbocycles. The van der Waals surface area contributed by atoms with Gasteiger partial charge in [-0.3, -0.25) is 4.21 Å². The number of hydrogen-bond donors (Lipinski definition) is 0. The van der Waals surface area contributed by atoms with Gasteiger partial charge in [0.1, 0.15) is 0 Å². The Morgan fingerprint density at radius 3 is 2.72 bits per heavy atom. The monoisotopic (exact) mass is 332 g/mol. The van der Waals surface area contributed by atoms with Crippen molar-refractivity contribution in [2.24, 2.45) is 0 Å². The number of ether oxygens (including phenoxy) is 1. The predicted molar refractivity (Wildman–Crippen MR) is 77.1 cm³/mol. The van der Waals surface area contributed by atoms with E-state index in [1.807, 2.05) is 6.07 Å². The quantitative estimate of drug-likeness (QED) is 0.751. The minimum absolute atomic E-state index is 0.366. The number of unbranched alkanes of at least 4 members (excludes halogenated alkanes) is 1. The summed E-state index contributed by atoms with van der Waals surface area (Å²) in [4.78, 5) is 11.3. The summed E-state index contributed by atoms with van der Waals surface area (Å²) in [5.41, 5.74) is 1.45. The van der Waals surface area contributed by atoms with Crippen LogP contribution in [0.3, 0.4) is 0 Å². The maximum absolute atomic E-state index is 11.8. The summed E-state index contributed by atoms with van der Waals surface area (Å²) in [5, 5.41) is 0. The van der Waals surface area contributed by atoms with Crippen LogP contribution in [-0.2, 0) is 21.3 Å². The van der Waals surface area contributed by atoms with Crippen molar-refractivity contribution in [2.75, 3.05) is 12.9 Å². The van der Waals surface area contributed by atoms with E-state index in [1.165, 1.54) is 7.11 Å². The zero-order valence-electron chi connectivity index (χ0n) is 10.6. The van der Waals surface area contributed by atoms with Gasteiger partial charge in [-0.25, -0.2) is 4.79 Å². The topological polar surface area (TPSA) is 43.4 Å². The van der Waals surface area contributed by atoms with Crippen LogP contribution < -0.4 is 0 Å². The van der Waals surface area contributed by atoms with Gasteiger partial charge in [-0.15, -0.1) is 0 Å². The lowest BCUT2D eigenvalue weighted by Gasteiger charge is -2.06. The van der Waals surface area contributed by atoms with Gasteiger partial charge in [0.05, 0.1) is 12.7 Å². The Kier molecular flexibility index (Phi) is 6.57. The largest absolute Gasteiger partial charge is 0.465 e. The van der Waals surface area contributed by atoms with Crippen LogP contribution in [0.15, 0.2) is 22.7 Å². The van der Waals surface area contributed by atoms with Crippen molar-refractivity contribution in [2.45, 2.75) is 25.5 Å². The lowest BCUT2D eigenvalue weighted by molar-refractivity contribution is 0.0600. The molecule has 0 aliphatic rings. The van der Waals surface area contributed by atoms with Crippen LogP contribution in [0.25, 0.3) is 0 Å². The van der Waals surface area contributed by atoms with Crippen LogP contribution in [0.4, 0.5) is 0 Å². The normalized spacial score (nSPS) is 12.2. The number of esters is 1. The standard InChI is InChI=1S/C13H17BrO3S/c1-3-4-7-18(16)9-11-6-5-10(8-12(11)14)13(15)17-2/h5-6,8H,3-4,7,9H2,1-2H3. The fraction of sp³-hybridized carbons (Fsp3) is 0.462. The van der Waals surface area contributed by atoms with Crippen LogP contribution in [0, 0.1) is 0 Å². The minimum atomic E-state index is -0.846. The highest BCUT2D eigenvalue weighted by Crippen LogP contribution is 2.21. The molecule has 1 unspecified atom stereocenters. The second-order valence-electron chi connectivity index (χ2n) is 3.94. The van der Waals surface area contributed by atoms with Gasteiger partial charge in [0.25, 0.3) is 0 Å². The molecule has 0 saturated heterocycles. The second kappa shape index (κ2) is 7.69. The molecule has 1 aromatic rings. The van der Waals surface area contributed by atoms with E-state index in [-0.39, 0.29) is 5.97 Å². The van der Waals surface area contributed by atoms with Crippen LogP contribution in [0.2, 0.25) is 0 Å². The number of methoxy groups -OCH3 is 1. The zero-order valence-corrected chi connectivity index (χ0v) is 13.0. The number of rotatable bonds is 6. The SMILES string of the molecule is CCCCS(=O)Cc1ccc(C(=O)OC)cc1Br. The average Bonchev–Trinajstić information content (AvgIpc) is 2.37. The Balaban J connectivity index is 2.74. The molecule has 0 fully saturated rings. The van der Waals surface area contributed by atoms with E-state index >= 15 is 0 Å². The molecule has 0 heterocycles. The Hall–Kier alpha value is -0.680. The van der Waals surface area contributed by atoms with E-state index in [9.17, 15) is 9.00 Å². The fourth-order valence-electron chi connectivity index (χ4n) is 1.46. The van der Waals surface area contributed by atoms with E-state index in [1.54, 1.807) is 12.1 Å². The van der Waals surface area contributed by atoms with Gasteiger partial charge in [0.15, 0.2) is 0 Å². The maximum atomic E-state index is 11.8. The number of halogens is 1. The third kappa shape index (κ3) is 4.53. The summed E-state index contributed by atoms with van der Waals surface area (Å²) in [5.74, 6) is 0.873. The van der Waals surface area contributed by atoms with Crippen molar-refractivity contribution in [3.8, 4) is 0 Å². The minimum Gasteiger partial charge on any atom is -0.465 e. The van der Waals surface area contributed by atoms with Crippen molar-refractivity contribution >= 4 is 32.7 Å². The zero-order chi connectivity index (χ0) is 13.5. The molecule has 18 heavy (non-hydrogen) atoms. The molecule has 1 aromatic carbocycles. The van der Waals surface area contributed by atoms with Gasteiger partial charge < -0.3 is 4.74 Å². The van der Waals surface area contributed by atoms with Gasteiger partial charge in [0.2, 0.25) is 0 Å². The number of hydrogen-bond acceptors (Lipinski definition) is 3. The van der Waals surface area contributed by atoms with Crippen molar-refractivity contribution in [3.63, 3.8) is 0 Å². The molecule has 0 radical (unpaired) electrons. The van der Waals surface area contributed by atoms with Crippen LogP contribution >= 0.6 is 15.9 Å². The maximum Gasteiger partial charge on any atom is 0.337 e. The number of carbonyl (C=O) groups is 1. The van der Waals surface area contributed by atoms with Gasteiger partial charge >= 0.3 is 5.97 Å². The van der Waals surface area contributed by atoms with Gasteiger partial charge in [0, 0.05) is 26.8 Å². The van der Waals surface area contributed by atoms with Gasteiger partial charge in [-0.2, -0.15) is 0 Å². The molecule has 3 nitrogen and oxygen atoms in total.